The predicted molar refractivity (Wildman–Crippen MR) is 73.9 cm³/mol. The van der Waals surface area contributed by atoms with E-state index in [1.807, 2.05) is 58.0 Å². The highest BCUT2D eigenvalue weighted by molar-refractivity contribution is 5.14. The first-order valence-electron chi connectivity index (χ1n) is 6.24. The van der Waals surface area contributed by atoms with Gasteiger partial charge in [-0.25, -0.2) is 0 Å². The molecule has 0 fully saturated rings. The van der Waals surface area contributed by atoms with Crippen molar-refractivity contribution in [2.75, 3.05) is 0 Å². The van der Waals surface area contributed by atoms with Gasteiger partial charge in [0.1, 0.15) is 12.2 Å². The van der Waals surface area contributed by atoms with Crippen LogP contribution < -0.4 is 0 Å². The van der Waals surface area contributed by atoms with Gasteiger partial charge < -0.3 is 9.84 Å². The van der Waals surface area contributed by atoms with Crippen molar-refractivity contribution in [3.63, 3.8) is 0 Å². The van der Waals surface area contributed by atoms with Gasteiger partial charge >= 0.3 is 0 Å². The van der Waals surface area contributed by atoms with Crippen LogP contribution in [0.1, 0.15) is 33.3 Å². The van der Waals surface area contributed by atoms with E-state index in [2.05, 4.69) is 11.8 Å². The molecule has 0 heterocycles. The van der Waals surface area contributed by atoms with Crippen LogP contribution in [0, 0.1) is 17.3 Å². The number of ether oxygens (including phenoxy) is 1. The van der Waals surface area contributed by atoms with E-state index in [1.165, 1.54) is 0 Å². The quantitative estimate of drug-likeness (QED) is 0.831. The Kier molecular flexibility index (Phi) is 5.40. The number of aliphatic hydroxyl groups is 1. The van der Waals surface area contributed by atoms with Gasteiger partial charge in [-0.05, 0) is 17.9 Å². The summed E-state index contributed by atoms with van der Waals surface area (Å²) in [5.74, 6) is 5.78. The number of aliphatic hydroxyl groups excluding tert-OH is 1. The van der Waals surface area contributed by atoms with Crippen LogP contribution >= 0.6 is 0 Å². The van der Waals surface area contributed by atoms with Crippen LogP contribution in [0.25, 0.3) is 0 Å². The van der Waals surface area contributed by atoms with Crippen LogP contribution in [0.15, 0.2) is 30.3 Å². The van der Waals surface area contributed by atoms with Gasteiger partial charge in [0.2, 0.25) is 0 Å². The third kappa shape index (κ3) is 5.35. The van der Waals surface area contributed by atoms with Crippen LogP contribution in [0.5, 0.6) is 0 Å². The molecule has 1 N–H and O–H groups in total. The summed E-state index contributed by atoms with van der Waals surface area (Å²) in [6.45, 7) is 8.32. The number of benzene rings is 1. The van der Waals surface area contributed by atoms with E-state index in [-0.39, 0.29) is 11.5 Å². The first kappa shape index (κ1) is 14.8. The standard InChI is InChI=1S/C16H22O2/c1-13(10-11-15(17)16(2,3)4)18-12-14-8-6-5-7-9-14/h5-9,13,15,17H,12H2,1-4H3. The molecule has 0 spiro atoms. The Morgan fingerprint density at radius 2 is 1.78 bits per heavy atom. The Balaban J connectivity index is 2.43. The van der Waals surface area contributed by atoms with Gasteiger partial charge in [0.25, 0.3) is 0 Å². The third-order valence-electron chi connectivity index (χ3n) is 2.59. The normalized spacial score (nSPS) is 14.5. The Morgan fingerprint density at radius 3 is 2.33 bits per heavy atom. The molecule has 0 saturated carbocycles. The van der Waals surface area contributed by atoms with Crippen molar-refractivity contribution in [3.05, 3.63) is 35.9 Å². The largest absolute Gasteiger partial charge is 0.380 e. The molecule has 2 heteroatoms. The Bertz CT molecular complexity index is 406. The molecule has 2 atom stereocenters. The third-order valence-corrected chi connectivity index (χ3v) is 2.59. The fraction of sp³-hybridized carbons (Fsp3) is 0.500. The molecule has 0 aliphatic rings. The zero-order valence-corrected chi connectivity index (χ0v) is 11.6. The van der Waals surface area contributed by atoms with E-state index in [0.717, 1.165) is 5.56 Å². The van der Waals surface area contributed by atoms with E-state index < -0.39 is 6.10 Å². The molecule has 2 unspecified atom stereocenters. The highest BCUT2D eigenvalue weighted by Gasteiger charge is 2.19. The summed E-state index contributed by atoms with van der Waals surface area (Å²) in [6.07, 6.45) is -0.803. The highest BCUT2D eigenvalue weighted by Crippen LogP contribution is 2.18. The van der Waals surface area contributed by atoms with E-state index in [9.17, 15) is 5.11 Å². The summed E-state index contributed by atoms with van der Waals surface area (Å²) in [5, 5.41) is 9.79. The van der Waals surface area contributed by atoms with Gasteiger partial charge in [-0.1, -0.05) is 62.9 Å². The molecule has 1 rings (SSSR count). The average molecular weight is 246 g/mol. The van der Waals surface area contributed by atoms with Crippen LogP contribution in [0.3, 0.4) is 0 Å². The lowest BCUT2D eigenvalue weighted by Crippen LogP contribution is -2.24. The van der Waals surface area contributed by atoms with Gasteiger partial charge in [-0.15, -0.1) is 0 Å². The van der Waals surface area contributed by atoms with Gasteiger partial charge in [-0.2, -0.15) is 0 Å². The smallest absolute Gasteiger partial charge is 0.119 e. The van der Waals surface area contributed by atoms with Crippen molar-refractivity contribution in [2.24, 2.45) is 5.41 Å². The first-order chi connectivity index (χ1) is 8.39. The highest BCUT2D eigenvalue weighted by atomic mass is 16.5. The molecule has 98 valence electrons. The lowest BCUT2D eigenvalue weighted by atomic mass is 9.89. The topological polar surface area (TPSA) is 29.5 Å². The molecule has 0 saturated heterocycles. The van der Waals surface area contributed by atoms with Crippen molar-refractivity contribution in [1.82, 2.24) is 0 Å². The molecule has 0 aliphatic heterocycles. The number of hydrogen-bond donors (Lipinski definition) is 1. The van der Waals surface area contributed by atoms with Crippen LogP contribution in [-0.2, 0) is 11.3 Å². The van der Waals surface area contributed by atoms with Crippen molar-refractivity contribution < 1.29 is 9.84 Å². The Hall–Kier alpha value is -1.30. The lowest BCUT2D eigenvalue weighted by molar-refractivity contribution is 0.0877. The molecule has 0 aliphatic carbocycles. The van der Waals surface area contributed by atoms with Crippen LogP contribution in [0.4, 0.5) is 0 Å². The zero-order chi connectivity index (χ0) is 13.6. The molecule has 0 bridgehead atoms. The van der Waals surface area contributed by atoms with Crippen molar-refractivity contribution in [1.29, 1.82) is 0 Å². The Labute approximate surface area is 110 Å². The number of rotatable bonds is 3. The Morgan fingerprint density at radius 1 is 1.17 bits per heavy atom. The monoisotopic (exact) mass is 246 g/mol. The summed E-state index contributed by atoms with van der Waals surface area (Å²) in [5.41, 5.74) is 0.911. The summed E-state index contributed by atoms with van der Waals surface area (Å²) in [6, 6.07) is 9.98. The molecular weight excluding hydrogens is 224 g/mol. The second-order valence-electron chi connectivity index (χ2n) is 5.50. The minimum absolute atomic E-state index is 0.179. The fourth-order valence-electron chi connectivity index (χ4n) is 1.25. The van der Waals surface area contributed by atoms with Crippen LogP contribution in [-0.4, -0.2) is 17.3 Å². The van der Waals surface area contributed by atoms with Crippen molar-refractivity contribution >= 4 is 0 Å². The maximum atomic E-state index is 9.79. The molecular formula is C16H22O2. The predicted octanol–water partition coefficient (Wildman–Crippen LogP) is 3.00. The molecule has 1 aromatic rings. The maximum Gasteiger partial charge on any atom is 0.119 e. The van der Waals surface area contributed by atoms with Crippen molar-refractivity contribution in [3.8, 4) is 11.8 Å². The number of hydrogen-bond acceptors (Lipinski definition) is 2. The summed E-state index contributed by atoms with van der Waals surface area (Å²) >= 11 is 0. The van der Waals surface area contributed by atoms with Crippen LogP contribution in [0.2, 0.25) is 0 Å². The fourth-order valence-corrected chi connectivity index (χ4v) is 1.25. The minimum Gasteiger partial charge on any atom is -0.380 e. The van der Waals surface area contributed by atoms with Gasteiger partial charge in [0.15, 0.2) is 0 Å². The lowest BCUT2D eigenvalue weighted by Gasteiger charge is -2.20. The van der Waals surface area contributed by atoms with E-state index in [1.54, 1.807) is 0 Å². The van der Waals surface area contributed by atoms with E-state index in [4.69, 9.17) is 4.74 Å². The van der Waals surface area contributed by atoms with Gasteiger partial charge in [-0.3, -0.25) is 0 Å². The van der Waals surface area contributed by atoms with Crippen molar-refractivity contribution in [2.45, 2.75) is 46.5 Å². The molecule has 0 aromatic heterocycles. The molecule has 2 nitrogen and oxygen atoms in total. The molecule has 1 aromatic carbocycles. The van der Waals surface area contributed by atoms with E-state index in [0.29, 0.717) is 6.61 Å². The summed E-state index contributed by atoms with van der Waals surface area (Å²) in [4.78, 5) is 0. The van der Waals surface area contributed by atoms with Gasteiger partial charge in [0, 0.05) is 0 Å². The van der Waals surface area contributed by atoms with Gasteiger partial charge in [0.05, 0.1) is 6.61 Å². The molecule has 0 amide bonds. The second-order valence-corrected chi connectivity index (χ2v) is 5.50. The summed E-state index contributed by atoms with van der Waals surface area (Å²) < 4.78 is 5.61. The molecule has 0 radical (unpaired) electrons. The SMILES string of the molecule is CC(C#CC(O)C(C)(C)C)OCc1ccccc1. The zero-order valence-electron chi connectivity index (χ0n) is 11.6. The first-order valence-corrected chi connectivity index (χ1v) is 6.24. The second kappa shape index (κ2) is 6.58. The maximum absolute atomic E-state index is 9.79. The molecule has 18 heavy (non-hydrogen) atoms. The summed E-state index contributed by atoms with van der Waals surface area (Å²) in [7, 11) is 0. The minimum atomic E-state index is -0.625. The van der Waals surface area contributed by atoms with E-state index >= 15 is 0 Å². The average Bonchev–Trinajstić information content (AvgIpc) is 2.33.